The van der Waals surface area contributed by atoms with Gasteiger partial charge >= 0.3 is 0 Å². The fourth-order valence-electron chi connectivity index (χ4n) is 3.93. The molecule has 8 heteroatoms. The van der Waals surface area contributed by atoms with Gasteiger partial charge in [0.25, 0.3) is 11.8 Å². The first kappa shape index (κ1) is 21.7. The molecular formula is C24H27N5O3. The summed E-state index contributed by atoms with van der Waals surface area (Å²) >= 11 is 0. The Kier molecular flexibility index (Phi) is 6.61. The number of carbonyl (C=O) groups is 2. The molecule has 2 aromatic heterocycles. The van der Waals surface area contributed by atoms with Gasteiger partial charge in [0, 0.05) is 18.9 Å². The standard InChI is InChI=1S/C24H27N5O3/c1-3-19(17-7-5-4-6-8-17)28-23(30)18-13-21(29-11-12-32-15-22(18)29)24(31)27-16(2)20-14-25-9-10-26-20/h4-10,13-14,16,19H,3,11-12,15H2,1-2H3,(H,27,31)(H,28,30)/t16-,19+/m0/s1. The van der Waals surface area contributed by atoms with Crippen LogP contribution >= 0.6 is 0 Å². The van der Waals surface area contributed by atoms with Gasteiger partial charge in [-0.2, -0.15) is 0 Å². The van der Waals surface area contributed by atoms with Crippen LogP contribution in [0.15, 0.2) is 55.0 Å². The summed E-state index contributed by atoms with van der Waals surface area (Å²) in [6.45, 7) is 5.18. The van der Waals surface area contributed by atoms with Crippen LogP contribution in [0.1, 0.15) is 70.1 Å². The number of hydrogen-bond acceptors (Lipinski definition) is 5. The maximum Gasteiger partial charge on any atom is 0.268 e. The van der Waals surface area contributed by atoms with Crippen LogP contribution in [-0.2, 0) is 17.9 Å². The highest BCUT2D eigenvalue weighted by molar-refractivity contribution is 6.01. The molecule has 2 amide bonds. The van der Waals surface area contributed by atoms with Crippen molar-refractivity contribution in [1.82, 2.24) is 25.2 Å². The number of benzene rings is 1. The van der Waals surface area contributed by atoms with Crippen LogP contribution in [-0.4, -0.2) is 33.0 Å². The maximum absolute atomic E-state index is 13.2. The van der Waals surface area contributed by atoms with Gasteiger partial charge in [-0.15, -0.1) is 0 Å². The number of fused-ring (bicyclic) bond motifs is 1. The molecule has 2 N–H and O–H groups in total. The largest absolute Gasteiger partial charge is 0.373 e. The maximum atomic E-state index is 13.2. The Hall–Kier alpha value is -3.52. The summed E-state index contributed by atoms with van der Waals surface area (Å²) in [4.78, 5) is 34.6. The summed E-state index contributed by atoms with van der Waals surface area (Å²) in [5.74, 6) is -0.476. The van der Waals surface area contributed by atoms with Crippen LogP contribution in [0.2, 0.25) is 0 Å². The summed E-state index contributed by atoms with van der Waals surface area (Å²) < 4.78 is 7.47. The molecule has 0 spiro atoms. The first-order valence-corrected chi connectivity index (χ1v) is 10.8. The molecule has 1 aromatic carbocycles. The van der Waals surface area contributed by atoms with Gasteiger partial charge in [-0.3, -0.25) is 19.6 Å². The Morgan fingerprint density at radius 2 is 1.97 bits per heavy atom. The van der Waals surface area contributed by atoms with Crippen molar-refractivity contribution in [3.05, 3.63) is 83.2 Å². The molecule has 8 nitrogen and oxygen atoms in total. The molecule has 32 heavy (non-hydrogen) atoms. The lowest BCUT2D eigenvalue weighted by molar-refractivity contribution is 0.0774. The van der Waals surface area contributed by atoms with Crippen molar-refractivity contribution in [3.8, 4) is 0 Å². The van der Waals surface area contributed by atoms with Gasteiger partial charge in [-0.1, -0.05) is 37.3 Å². The molecule has 0 aliphatic carbocycles. The van der Waals surface area contributed by atoms with E-state index in [9.17, 15) is 9.59 Å². The molecule has 0 bridgehead atoms. The first-order chi connectivity index (χ1) is 15.6. The third-order valence-corrected chi connectivity index (χ3v) is 5.67. The second-order valence-corrected chi connectivity index (χ2v) is 7.76. The smallest absolute Gasteiger partial charge is 0.268 e. The van der Waals surface area contributed by atoms with Crippen molar-refractivity contribution in [2.24, 2.45) is 0 Å². The molecule has 0 saturated heterocycles. The van der Waals surface area contributed by atoms with E-state index in [1.54, 1.807) is 24.7 Å². The van der Waals surface area contributed by atoms with Crippen molar-refractivity contribution in [1.29, 1.82) is 0 Å². The topological polar surface area (TPSA) is 98.1 Å². The average Bonchev–Trinajstić information content (AvgIpc) is 3.23. The number of amides is 2. The Morgan fingerprint density at radius 1 is 1.16 bits per heavy atom. The highest BCUT2D eigenvalue weighted by Crippen LogP contribution is 2.24. The quantitative estimate of drug-likeness (QED) is 0.596. The number of hydrogen-bond donors (Lipinski definition) is 2. The molecule has 4 rings (SSSR count). The summed E-state index contributed by atoms with van der Waals surface area (Å²) in [6.07, 6.45) is 5.56. The fraction of sp³-hybridized carbons (Fsp3) is 0.333. The highest BCUT2D eigenvalue weighted by Gasteiger charge is 2.27. The van der Waals surface area contributed by atoms with E-state index in [1.807, 2.05) is 48.7 Å². The van der Waals surface area contributed by atoms with Gasteiger partial charge in [-0.05, 0) is 25.0 Å². The van der Waals surface area contributed by atoms with Gasteiger partial charge in [-0.25, -0.2) is 0 Å². The van der Waals surface area contributed by atoms with Gasteiger partial charge < -0.3 is 19.9 Å². The molecular weight excluding hydrogens is 406 g/mol. The first-order valence-electron chi connectivity index (χ1n) is 10.8. The third-order valence-electron chi connectivity index (χ3n) is 5.67. The van der Waals surface area contributed by atoms with Gasteiger partial charge in [0.15, 0.2) is 0 Å². The minimum Gasteiger partial charge on any atom is -0.373 e. The number of rotatable bonds is 7. The predicted molar refractivity (Wildman–Crippen MR) is 119 cm³/mol. The summed E-state index contributed by atoms with van der Waals surface area (Å²) in [5, 5.41) is 6.07. The number of aromatic nitrogens is 3. The molecule has 3 aromatic rings. The SMILES string of the molecule is CC[C@@H](NC(=O)c1cc(C(=O)N[C@@H](C)c2cnccn2)n2c1COCC2)c1ccccc1. The number of nitrogens with zero attached hydrogens (tertiary/aromatic N) is 3. The average molecular weight is 434 g/mol. The lowest BCUT2D eigenvalue weighted by Gasteiger charge is -2.21. The van der Waals surface area contributed by atoms with Crippen molar-refractivity contribution in [3.63, 3.8) is 0 Å². The number of carbonyl (C=O) groups excluding carboxylic acids is 2. The molecule has 1 aliphatic rings. The molecule has 1 aliphatic heterocycles. The van der Waals surface area contributed by atoms with E-state index in [-0.39, 0.29) is 30.5 Å². The highest BCUT2D eigenvalue weighted by atomic mass is 16.5. The molecule has 0 saturated carbocycles. The van der Waals surface area contributed by atoms with Crippen molar-refractivity contribution >= 4 is 11.8 Å². The molecule has 2 atom stereocenters. The summed E-state index contributed by atoms with van der Waals surface area (Å²) in [6, 6.07) is 11.1. The van der Waals surface area contributed by atoms with E-state index < -0.39 is 0 Å². The minimum atomic E-state index is -0.318. The molecule has 0 radical (unpaired) electrons. The van der Waals surface area contributed by atoms with E-state index in [0.29, 0.717) is 35.8 Å². The lowest BCUT2D eigenvalue weighted by Crippen LogP contribution is -2.31. The summed E-state index contributed by atoms with van der Waals surface area (Å²) in [7, 11) is 0. The Morgan fingerprint density at radius 3 is 2.69 bits per heavy atom. The van der Waals surface area contributed by atoms with E-state index >= 15 is 0 Å². The zero-order chi connectivity index (χ0) is 22.5. The zero-order valence-corrected chi connectivity index (χ0v) is 18.2. The minimum absolute atomic E-state index is 0.113. The summed E-state index contributed by atoms with van der Waals surface area (Å²) in [5.41, 5.74) is 3.34. The van der Waals surface area contributed by atoms with Crippen LogP contribution in [0.5, 0.6) is 0 Å². The second kappa shape index (κ2) is 9.74. The normalized spacial score (nSPS) is 14.8. The Labute approximate surface area is 187 Å². The Bertz CT molecular complexity index is 1080. The van der Waals surface area contributed by atoms with Crippen LogP contribution in [0, 0.1) is 0 Å². The molecule has 0 fully saturated rings. The second-order valence-electron chi connectivity index (χ2n) is 7.76. The van der Waals surface area contributed by atoms with Gasteiger partial charge in [0.1, 0.15) is 5.69 Å². The van der Waals surface area contributed by atoms with E-state index in [0.717, 1.165) is 12.0 Å². The van der Waals surface area contributed by atoms with Crippen LogP contribution in [0.3, 0.4) is 0 Å². The molecule has 0 unspecified atom stereocenters. The predicted octanol–water partition coefficient (Wildman–Crippen LogP) is 3.18. The van der Waals surface area contributed by atoms with Crippen LogP contribution in [0.4, 0.5) is 0 Å². The van der Waals surface area contributed by atoms with Crippen molar-refractivity contribution in [2.45, 2.75) is 45.5 Å². The number of nitrogens with one attached hydrogen (secondary N) is 2. The monoisotopic (exact) mass is 433 g/mol. The lowest BCUT2D eigenvalue weighted by atomic mass is 10.0. The van der Waals surface area contributed by atoms with Gasteiger partial charge in [0.05, 0.1) is 48.4 Å². The van der Waals surface area contributed by atoms with E-state index in [4.69, 9.17) is 4.74 Å². The fourth-order valence-corrected chi connectivity index (χ4v) is 3.93. The number of ether oxygens (including phenoxy) is 1. The van der Waals surface area contributed by atoms with E-state index in [1.165, 1.54) is 0 Å². The zero-order valence-electron chi connectivity index (χ0n) is 18.2. The van der Waals surface area contributed by atoms with Crippen LogP contribution < -0.4 is 10.6 Å². The van der Waals surface area contributed by atoms with Crippen molar-refractivity contribution < 1.29 is 14.3 Å². The Balaban J connectivity index is 1.57. The van der Waals surface area contributed by atoms with E-state index in [2.05, 4.69) is 20.6 Å². The van der Waals surface area contributed by atoms with Crippen LogP contribution in [0.25, 0.3) is 0 Å². The molecule has 166 valence electrons. The van der Waals surface area contributed by atoms with Crippen molar-refractivity contribution in [2.75, 3.05) is 6.61 Å². The molecule has 3 heterocycles. The van der Waals surface area contributed by atoms with Gasteiger partial charge in [0.2, 0.25) is 0 Å². The third kappa shape index (κ3) is 4.55.